The Labute approximate surface area is 116 Å². The van der Waals surface area contributed by atoms with Crippen LogP contribution in [0.3, 0.4) is 0 Å². The third-order valence-electron chi connectivity index (χ3n) is 2.77. The molecule has 0 saturated carbocycles. The molecule has 98 valence electrons. The van der Waals surface area contributed by atoms with E-state index < -0.39 is 0 Å². The summed E-state index contributed by atoms with van der Waals surface area (Å²) in [5.74, 6) is 0. The molecule has 0 N–H and O–H groups in total. The average molecular weight is 251 g/mol. The summed E-state index contributed by atoms with van der Waals surface area (Å²) in [6.07, 6.45) is 9.25. The Morgan fingerprint density at radius 2 is 1.95 bits per heavy atom. The highest BCUT2D eigenvalue weighted by atomic mass is 14.7. The number of allylic oxidation sites excluding steroid dienone is 6. The van der Waals surface area contributed by atoms with E-state index in [-0.39, 0.29) is 0 Å². The van der Waals surface area contributed by atoms with Gasteiger partial charge in [0.1, 0.15) is 0 Å². The van der Waals surface area contributed by atoms with Crippen molar-refractivity contribution in [2.24, 2.45) is 4.99 Å². The first kappa shape index (κ1) is 14.9. The lowest BCUT2D eigenvalue weighted by atomic mass is 10.0. The van der Waals surface area contributed by atoms with E-state index in [0.29, 0.717) is 0 Å². The minimum Gasteiger partial charge on any atom is -0.264 e. The number of rotatable bonds is 6. The molecule has 0 radical (unpaired) electrons. The van der Waals surface area contributed by atoms with Gasteiger partial charge in [0, 0.05) is 5.56 Å². The van der Waals surface area contributed by atoms with Crippen molar-refractivity contribution in [1.82, 2.24) is 0 Å². The molecular weight excluding hydrogens is 230 g/mol. The summed E-state index contributed by atoms with van der Waals surface area (Å²) in [5.41, 5.74) is 3.95. The van der Waals surface area contributed by atoms with E-state index in [1.54, 1.807) is 0 Å². The molecular formula is C18H21N. The number of hydrogen-bond donors (Lipinski definition) is 0. The minimum atomic E-state index is 0.842. The molecule has 0 aliphatic rings. The van der Waals surface area contributed by atoms with Gasteiger partial charge in [-0.25, -0.2) is 0 Å². The Balaban J connectivity index is 3.02. The van der Waals surface area contributed by atoms with E-state index in [9.17, 15) is 0 Å². The van der Waals surface area contributed by atoms with Crippen molar-refractivity contribution in [3.63, 3.8) is 0 Å². The second-order valence-corrected chi connectivity index (χ2v) is 4.13. The maximum atomic E-state index is 4.11. The van der Waals surface area contributed by atoms with Crippen molar-refractivity contribution in [2.45, 2.75) is 20.3 Å². The van der Waals surface area contributed by atoms with Gasteiger partial charge in [0.05, 0.1) is 5.70 Å². The summed E-state index contributed by atoms with van der Waals surface area (Å²) in [7, 11) is 0. The van der Waals surface area contributed by atoms with Crippen molar-refractivity contribution in [2.75, 3.05) is 0 Å². The van der Waals surface area contributed by atoms with Crippen LogP contribution in [0.4, 0.5) is 0 Å². The number of benzene rings is 1. The van der Waals surface area contributed by atoms with Crippen molar-refractivity contribution in [1.29, 1.82) is 0 Å². The molecule has 0 saturated heterocycles. The maximum absolute atomic E-state index is 4.11. The van der Waals surface area contributed by atoms with Crippen molar-refractivity contribution in [3.05, 3.63) is 77.9 Å². The minimum absolute atomic E-state index is 0.842. The maximum Gasteiger partial charge on any atom is 0.0700 e. The van der Waals surface area contributed by atoms with Crippen molar-refractivity contribution in [3.8, 4) is 0 Å². The second kappa shape index (κ2) is 8.04. The van der Waals surface area contributed by atoms with Gasteiger partial charge < -0.3 is 0 Å². The molecule has 19 heavy (non-hydrogen) atoms. The zero-order chi connectivity index (χ0) is 14.1. The van der Waals surface area contributed by atoms with E-state index in [1.807, 2.05) is 43.3 Å². The molecule has 1 rings (SSSR count). The van der Waals surface area contributed by atoms with Crippen LogP contribution in [0.5, 0.6) is 0 Å². The standard InChI is InChI=1S/C18H21N/c1-5-7-11-16(6-2)15(3)14-18(19-4)17-12-9-8-10-13-17/h6-14H,3-5H2,1-2H3/b11-7-,16-6+,18-14-. The van der Waals surface area contributed by atoms with Gasteiger partial charge >= 0.3 is 0 Å². The lowest BCUT2D eigenvalue weighted by Crippen LogP contribution is -1.85. The highest BCUT2D eigenvalue weighted by Gasteiger charge is 2.01. The molecule has 0 amide bonds. The van der Waals surface area contributed by atoms with Gasteiger partial charge in [0.2, 0.25) is 0 Å². The first-order chi connectivity index (χ1) is 9.22. The van der Waals surface area contributed by atoms with E-state index >= 15 is 0 Å². The molecule has 1 heteroatoms. The van der Waals surface area contributed by atoms with Gasteiger partial charge in [-0.05, 0) is 37.3 Å². The van der Waals surface area contributed by atoms with Crippen LogP contribution in [-0.4, -0.2) is 6.72 Å². The fourth-order valence-electron chi connectivity index (χ4n) is 1.71. The highest BCUT2D eigenvalue weighted by molar-refractivity contribution is 5.71. The number of aliphatic imine (C=N–C) groups is 1. The Kier molecular flexibility index (Phi) is 6.31. The molecule has 0 spiro atoms. The van der Waals surface area contributed by atoms with E-state index in [2.05, 4.69) is 43.4 Å². The summed E-state index contributed by atoms with van der Waals surface area (Å²) < 4.78 is 0. The van der Waals surface area contributed by atoms with Crippen LogP contribution in [0.15, 0.2) is 77.4 Å². The van der Waals surface area contributed by atoms with Gasteiger partial charge in [0.15, 0.2) is 0 Å². The number of nitrogens with zero attached hydrogens (tertiary/aromatic N) is 1. The molecule has 1 aromatic carbocycles. The Morgan fingerprint density at radius 3 is 2.47 bits per heavy atom. The summed E-state index contributed by atoms with van der Waals surface area (Å²) in [6, 6.07) is 10.0. The van der Waals surface area contributed by atoms with Crippen LogP contribution in [0.2, 0.25) is 0 Å². The number of hydrogen-bond acceptors (Lipinski definition) is 1. The third-order valence-corrected chi connectivity index (χ3v) is 2.77. The van der Waals surface area contributed by atoms with Crippen molar-refractivity contribution >= 4 is 12.4 Å². The van der Waals surface area contributed by atoms with Gasteiger partial charge in [-0.1, -0.05) is 62.1 Å². The smallest absolute Gasteiger partial charge is 0.0700 e. The van der Waals surface area contributed by atoms with Crippen LogP contribution in [0.1, 0.15) is 25.8 Å². The predicted molar refractivity (Wildman–Crippen MR) is 86.3 cm³/mol. The fraction of sp³-hybridized carbons (Fsp3) is 0.167. The van der Waals surface area contributed by atoms with E-state index in [1.165, 1.54) is 0 Å². The van der Waals surface area contributed by atoms with Gasteiger partial charge in [-0.15, -0.1) is 0 Å². The zero-order valence-electron chi connectivity index (χ0n) is 11.8. The lowest BCUT2D eigenvalue weighted by Gasteiger charge is -2.05. The molecule has 1 aromatic rings. The Morgan fingerprint density at radius 1 is 1.26 bits per heavy atom. The Bertz CT molecular complexity index is 516. The van der Waals surface area contributed by atoms with Crippen LogP contribution in [-0.2, 0) is 0 Å². The molecule has 0 aliphatic carbocycles. The summed E-state index contributed by atoms with van der Waals surface area (Å²) in [4.78, 5) is 4.09. The van der Waals surface area contributed by atoms with Crippen LogP contribution < -0.4 is 0 Å². The monoisotopic (exact) mass is 251 g/mol. The fourth-order valence-corrected chi connectivity index (χ4v) is 1.71. The molecule has 0 unspecified atom stereocenters. The first-order valence-corrected chi connectivity index (χ1v) is 6.48. The van der Waals surface area contributed by atoms with E-state index in [4.69, 9.17) is 0 Å². The molecule has 1 nitrogen and oxygen atoms in total. The molecule has 0 heterocycles. The molecule has 0 atom stereocenters. The zero-order valence-corrected chi connectivity index (χ0v) is 11.8. The highest BCUT2D eigenvalue weighted by Crippen LogP contribution is 2.20. The first-order valence-electron chi connectivity index (χ1n) is 6.48. The lowest BCUT2D eigenvalue weighted by molar-refractivity contribution is 1.22. The van der Waals surface area contributed by atoms with Crippen LogP contribution in [0, 0.1) is 0 Å². The second-order valence-electron chi connectivity index (χ2n) is 4.13. The topological polar surface area (TPSA) is 12.4 Å². The Hall–Kier alpha value is -2.15. The molecule has 0 aromatic heterocycles. The third kappa shape index (κ3) is 4.55. The van der Waals surface area contributed by atoms with Gasteiger partial charge in [-0.2, -0.15) is 0 Å². The molecule has 0 fully saturated rings. The van der Waals surface area contributed by atoms with Gasteiger partial charge in [0.25, 0.3) is 0 Å². The normalized spacial score (nSPS) is 12.7. The largest absolute Gasteiger partial charge is 0.264 e. The predicted octanol–water partition coefficient (Wildman–Crippen LogP) is 5.20. The molecule has 0 bridgehead atoms. The SMILES string of the molecule is C=N/C(=C\C(=C)C(/C=C\CC)=C/C)c1ccccc1. The van der Waals surface area contributed by atoms with E-state index in [0.717, 1.165) is 28.8 Å². The average Bonchev–Trinajstić information content (AvgIpc) is 2.46. The summed E-state index contributed by atoms with van der Waals surface area (Å²) in [6.45, 7) is 11.9. The van der Waals surface area contributed by atoms with Crippen LogP contribution >= 0.6 is 0 Å². The quantitative estimate of drug-likeness (QED) is 0.487. The summed E-state index contributed by atoms with van der Waals surface area (Å²) >= 11 is 0. The summed E-state index contributed by atoms with van der Waals surface area (Å²) in [5, 5.41) is 0. The van der Waals surface area contributed by atoms with Crippen LogP contribution in [0.25, 0.3) is 5.70 Å². The van der Waals surface area contributed by atoms with Crippen molar-refractivity contribution < 1.29 is 0 Å². The molecule has 0 aliphatic heterocycles. The van der Waals surface area contributed by atoms with Gasteiger partial charge in [-0.3, -0.25) is 4.99 Å².